The molecule has 0 aliphatic carbocycles. The van der Waals surface area contributed by atoms with Crippen LogP contribution in [0.2, 0.25) is 0 Å². The van der Waals surface area contributed by atoms with Crippen LogP contribution in [-0.2, 0) is 22.8 Å². The number of urea groups is 1. The van der Waals surface area contributed by atoms with Crippen LogP contribution in [0, 0.1) is 0 Å². The largest absolute Gasteiger partial charge is 0.332 e. The molecular formula is C15H19N3O3S3. The molecule has 0 aromatic carbocycles. The predicted molar refractivity (Wildman–Crippen MR) is 95.2 cm³/mol. The Morgan fingerprint density at radius 2 is 2.21 bits per heavy atom. The third-order valence-corrected chi connectivity index (χ3v) is 8.78. The second-order valence-electron chi connectivity index (χ2n) is 5.72. The summed E-state index contributed by atoms with van der Waals surface area (Å²) in [5.74, 6) is 0. The van der Waals surface area contributed by atoms with E-state index in [1.165, 1.54) is 11.3 Å². The summed E-state index contributed by atoms with van der Waals surface area (Å²) in [6, 6.07) is 1.18. The summed E-state index contributed by atoms with van der Waals surface area (Å²) < 4.78 is 25.0. The van der Waals surface area contributed by atoms with Crippen LogP contribution in [0.5, 0.6) is 0 Å². The first-order chi connectivity index (χ1) is 11.4. The summed E-state index contributed by atoms with van der Waals surface area (Å²) in [5, 5.41) is 9.92. The van der Waals surface area contributed by atoms with Gasteiger partial charge >= 0.3 is 6.03 Å². The molecule has 24 heavy (non-hydrogen) atoms. The Morgan fingerprint density at radius 3 is 2.92 bits per heavy atom. The Labute approximate surface area is 149 Å². The SMILES string of the molecule is CCc1nc(CNC(=O)N[C@H]2C[C@H](C)S(=O)(=O)c3sccc32)cs1. The van der Waals surface area contributed by atoms with Gasteiger partial charge in [0.25, 0.3) is 0 Å². The fraction of sp³-hybridized carbons (Fsp3) is 0.467. The molecule has 9 heteroatoms. The normalized spacial score (nSPS) is 21.9. The van der Waals surface area contributed by atoms with Gasteiger partial charge in [-0.25, -0.2) is 18.2 Å². The van der Waals surface area contributed by atoms with Gasteiger partial charge in [0.05, 0.1) is 28.5 Å². The van der Waals surface area contributed by atoms with Crippen molar-refractivity contribution in [3.63, 3.8) is 0 Å². The number of thiazole rings is 1. The van der Waals surface area contributed by atoms with E-state index in [0.717, 1.165) is 17.1 Å². The molecule has 130 valence electrons. The molecule has 0 spiro atoms. The smallest absolute Gasteiger partial charge is 0.315 e. The highest BCUT2D eigenvalue weighted by Gasteiger charge is 2.37. The second-order valence-corrected chi connectivity index (χ2v) is 10.1. The summed E-state index contributed by atoms with van der Waals surface area (Å²) in [6.45, 7) is 4.09. The molecule has 3 heterocycles. The summed E-state index contributed by atoms with van der Waals surface area (Å²) in [5.41, 5.74) is 1.53. The van der Waals surface area contributed by atoms with Crippen LogP contribution >= 0.6 is 22.7 Å². The number of hydrogen-bond acceptors (Lipinski definition) is 6. The van der Waals surface area contributed by atoms with Gasteiger partial charge in [0.2, 0.25) is 0 Å². The Morgan fingerprint density at radius 1 is 1.42 bits per heavy atom. The van der Waals surface area contributed by atoms with E-state index in [2.05, 4.69) is 15.6 Å². The van der Waals surface area contributed by atoms with Gasteiger partial charge in [0, 0.05) is 10.9 Å². The first kappa shape index (κ1) is 17.4. The number of sulfone groups is 1. The van der Waals surface area contributed by atoms with Crippen LogP contribution in [-0.4, -0.2) is 24.7 Å². The third kappa shape index (κ3) is 3.33. The number of amides is 2. The van der Waals surface area contributed by atoms with Gasteiger partial charge in [0.1, 0.15) is 4.21 Å². The van der Waals surface area contributed by atoms with E-state index in [0.29, 0.717) is 22.7 Å². The van der Waals surface area contributed by atoms with Gasteiger partial charge in [-0.3, -0.25) is 0 Å². The number of fused-ring (bicyclic) bond motifs is 1. The zero-order valence-corrected chi connectivity index (χ0v) is 15.9. The zero-order valence-electron chi connectivity index (χ0n) is 13.4. The van der Waals surface area contributed by atoms with Gasteiger partial charge < -0.3 is 10.6 Å². The molecule has 2 aromatic heterocycles. The maximum Gasteiger partial charge on any atom is 0.315 e. The van der Waals surface area contributed by atoms with Crippen molar-refractivity contribution in [3.05, 3.63) is 33.1 Å². The summed E-state index contributed by atoms with van der Waals surface area (Å²) in [6.07, 6.45) is 1.27. The molecule has 1 aliphatic heterocycles. The van der Waals surface area contributed by atoms with Crippen molar-refractivity contribution >= 4 is 38.5 Å². The van der Waals surface area contributed by atoms with Gasteiger partial charge in [-0.1, -0.05) is 6.92 Å². The lowest BCUT2D eigenvalue weighted by molar-refractivity contribution is 0.235. The number of aryl methyl sites for hydroxylation is 1. The van der Waals surface area contributed by atoms with Gasteiger partial charge in [0.15, 0.2) is 9.84 Å². The first-order valence-electron chi connectivity index (χ1n) is 7.70. The number of nitrogens with zero attached hydrogens (tertiary/aromatic N) is 1. The molecule has 0 unspecified atom stereocenters. The predicted octanol–water partition coefficient (Wildman–Crippen LogP) is 2.87. The third-order valence-electron chi connectivity index (χ3n) is 4.03. The number of thiophene rings is 1. The van der Waals surface area contributed by atoms with Gasteiger partial charge in [-0.05, 0) is 31.2 Å². The average Bonchev–Trinajstić information content (AvgIpc) is 3.20. The molecule has 6 nitrogen and oxygen atoms in total. The Bertz CT molecular complexity index is 841. The standard InChI is InChI=1S/C15H19N3O3S3/c1-3-13-17-10(8-23-13)7-16-15(19)18-12-6-9(2)24(20,21)14-11(12)4-5-22-14/h4-5,8-9,12H,3,6-7H2,1-2H3,(H2,16,18,19)/t9-,12-/m0/s1. The van der Waals surface area contributed by atoms with E-state index >= 15 is 0 Å². The first-order valence-corrected chi connectivity index (χ1v) is 11.0. The van der Waals surface area contributed by atoms with E-state index in [4.69, 9.17) is 0 Å². The number of hydrogen-bond donors (Lipinski definition) is 2. The lowest BCUT2D eigenvalue weighted by Gasteiger charge is -2.27. The number of carbonyl (C=O) groups excluding carboxylic acids is 1. The molecule has 0 radical (unpaired) electrons. The van der Waals surface area contributed by atoms with Crippen LogP contribution in [0.25, 0.3) is 0 Å². The molecule has 2 amide bonds. The average molecular weight is 386 g/mol. The highest BCUT2D eigenvalue weighted by atomic mass is 32.2. The van der Waals surface area contributed by atoms with E-state index in [1.807, 2.05) is 12.3 Å². The van der Waals surface area contributed by atoms with Crippen LogP contribution in [0.1, 0.15) is 42.6 Å². The van der Waals surface area contributed by atoms with E-state index in [1.54, 1.807) is 29.7 Å². The van der Waals surface area contributed by atoms with Crippen LogP contribution in [0.4, 0.5) is 4.79 Å². The maximum atomic E-state index is 12.3. The summed E-state index contributed by atoms with van der Waals surface area (Å²) in [7, 11) is -3.26. The molecule has 2 atom stereocenters. The molecule has 0 bridgehead atoms. The molecule has 2 N–H and O–H groups in total. The van der Waals surface area contributed by atoms with Crippen molar-refractivity contribution in [2.45, 2.75) is 48.7 Å². The quantitative estimate of drug-likeness (QED) is 0.847. The molecule has 3 rings (SSSR count). The maximum absolute atomic E-state index is 12.3. The molecule has 0 saturated carbocycles. The molecule has 1 aliphatic rings. The molecule has 0 fully saturated rings. The van der Waals surface area contributed by atoms with Crippen LogP contribution in [0.3, 0.4) is 0 Å². The van der Waals surface area contributed by atoms with E-state index < -0.39 is 15.1 Å². The van der Waals surface area contributed by atoms with Crippen molar-refractivity contribution in [2.24, 2.45) is 0 Å². The number of nitrogens with one attached hydrogen (secondary N) is 2. The Hall–Kier alpha value is -1.45. The zero-order chi connectivity index (χ0) is 17.3. The molecular weight excluding hydrogens is 366 g/mol. The van der Waals surface area contributed by atoms with Crippen molar-refractivity contribution < 1.29 is 13.2 Å². The summed E-state index contributed by atoms with van der Waals surface area (Å²) in [4.78, 5) is 16.6. The highest BCUT2D eigenvalue weighted by Crippen LogP contribution is 2.39. The molecule has 0 saturated heterocycles. The lowest BCUT2D eigenvalue weighted by Crippen LogP contribution is -2.41. The minimum Gasteiger partial charge on any atom is -0.332 e. The fourth-order valence-corrected chi connectivity index (χ4v) is 6.65. The van der Waals surface area contributed by atoms with Crippen LogP contribution < -0.4 is 10.6 Å². The number of aromatic nitrogens is 1. The second kappa shape index (κ2) is 6.81. The molecule has 2 aromatic rings. The van der Waals surface area contributed by atoms with Crippen LogP contribution in [0.15, 0.2) is 21.0 Å². The lowest BCUT2D eigenvalue weighted by atomic mass is 10.1. The Kier molecular flexibility index (Phi) is 4.93. The van der Waals surface area contributed by atoms with Crippen molar-refractivity contribution in [1.82, 2.24) is 15.6 Å². The van der Waals surface area contributed by atoms with Crippen molar-refractivity contribution in [3.8, 4) is 0 Å². The highest BCUT2D eigenvalue weighted by molar-refractivity contribution is 7.94. The Balaban J connectivity index is 1.65. The topological polar surface area (TPSA) is 88.2 Å². The minimum absolute atomic E-state index is 0.286. The number of carbonyl (C=O) groups is 1. The van der Waals surface area contributed by atoms with Gasteiger partial charge in [-0.2, -0.15) is 0 Å². The van der Waals surface area contributed by atoms with E-state index in [9.17, 15) is 13.2 Å². The van der Waals surface area contributed by atoms with Gasteiger partial charge in [-0.15, -0.1) is 22.7 Å². The summed E-state index contributed by atoms with van der Waals surface area (Å²) >= 11 is 2.79. The van der Waals surface area contributed by atoms with Crippen molar-refractivity contribution in [1.29, 1.82) is 0 Å². The van der Waals surface area contributed by atoms with E-state index in [-0.39, 0.29) is 12.1 Å². The van der Waals surface area contributed by atoms with Crippen molar-refractivity contribution in [2.75, 3.05) is 0 Å². The minimum atomic E-state index is -3.26. The fourth-order valence-electron chi connectivity index (χ4n) is 2.67. The monoisotopic (exact) mass is 385 g/mol. The number of rotatable bonds is 4.